The third-order valence-corrected chi connectivity index (χ3v) is 5.24. The molecule has 116 valence electrons. The molecule has 3 heteroatoms. The molecule has 1 heterocycles. The van der Waals surface area contributed by atoms with Crippen molar-refractivity contribution < 1.29 is 5.02 Å². The third kappa shape index (κ3) is 4.26. The number of rotatable bonds is 4. The molecule has 0 saturated carbocycles. The summed E-state index contributed by atoms with van der Waals surface area (Å²) in [7, 11) is 0.330. The molecule has 1 aliphatic rings. The first-order valence-electron chi connectivity index (χ1n) is 8.54. The van der Waals surface area contributed by atoms with Crippen LogP contribution < -0.4 is 4.90 Å². The van der Waals surface area contributed by atoms with Crippen molar-refractivity contribution in [3.8, 4) is 0 Å². The molecule has 1 aliphatic heterocycles. The first kappa shape index (κ1) is 16.4. The van der Waals surface area contributed by atoms with Gasteiger partial charge in [-0.3, -0.25) is 0 Å². The average molecular weight is 287 g/mol. The molecule has 0 bridgehead atoms. The molecular formula is C18H30BNO. The van der Waals surface area contributed by atoms with E-state index < -0.39 is 0 Å². The maximum Gasteiger partial charge on any atom is 0.276 e. The summed E-state index contributed by atoms with van der Waals surface area (Å²) in [6.07, 6.45) is 5.80. The molecule has 0 amide bonds. The fourth-order valence-corrected chi connectivity index (χ4v) is 3.30. The summed E-state index contributed by atoms with van der Waals surface area (Å²) < 4.78 is 0. The third-order valence-electron chi connectivity index (χ3n) is 5.24. The highest BCUT2D eigenvalue weighted by molar-refractivity contribution is 6.30. The summed E-state index contributed by atoms with van der Waals surface area (Å²) in [6.45, 7) is 8.98. The molecule has 1 fully saturated rings. The second-order valence-electron chi connectivity index (χ2n) is 7.06. The van der Waals surface area contributed by atoms with Crippen LogP contribution in [0.2, 0.25) is 5.31 Å². The van der Waals surface area contributed by atoms with Crippen LogP contribution in [0.3, 0.4) is 0 Å². The fraction of sp³-hybridized carbons (Fsp3) is 0.667. The van der Waals surface area contributed by atoms with Crippen LogP contribution >= 0.6 is 0 Å². The lowest BCUT2D eigenvalue weighted by atomic mass is 9.60. The van der Waals surface area contributed by atoms with Crippen molar-refractivity contribution >= 4 is 13.2 Å². The maximum absolute atomic E-state index is 9.54. The van der Waals surface area contributed by atoms with Crippen molar-refractivity contribution in [2.75, 3.05) is 18.0 Å². The van der Waals surface area contributed by atoms with E-state index in [9.17, 15) is 5.02 Å². The quantitative estimate of drug-likeness (QED) is 0.843. The van der Waals surface area contributed by atoms with E-state index in [1.807, 2.05) is 0 Å². The predicted molar refractivity (Wildman–Crippen MR) is 93.6 cm³/mol. The van der Waals surface area contributed by atoms with Gasteiger partial charge in [0.25, 0.3) is 7.48 Å². The zero-order chi connectivity index (χ0) is 15.3. The van der Waals surface area contributed by atoms with Gasteiger partial charge in [0.15, 0.2) is 0 Å². The lowest BCUT2D eigenvalue weighted by molar-refractivity contribution is 0.410. The van der Waals surface area contributed by atoms with E-state index in [1.54, 1.807) is 0 Å². The molecule has 1 atom stereocenters. The summed E-state index contributed by atoms with van der Waals surface area (Å²) in [5.41, 5.74) is 2.80. The Morgan fingerprint density at radius 1 is 1.19 bits per heavy atom. The minimum atomic E-state index is 0.145. The van der Waals surface area contributed by atoms with Crippen LogP contribution in [0, 0.1) is 0 Å². The summed E-state index contributed by atoms with van der Waals surface area (Å²) in [4.78, 5) is 2.51. The number of hydrogen-bond acceptors (Lipinski definition) is 2. The van der Waals surface area contributed by atoms with E-state index in [1.165, 1.54) is 30.5 Å². The molecule has 0 aromatic heterocycles. The molecule has 1 unspecified atom stereocenters. The number of hydrogen-bond donors (Lipinski definition) is 1. The van der Waals surface area contributed by atoms with Crippen molar-refractivity contribution in [1.82, 2.24) is 0 Å². The van der Waals surface area contributed by atoms with Gasteiger partial charge in [-0.15, -0.1) is 0 Å². The van der Waals surface area contributed by atoms with Crippen LogP contribution in [0.25, 0.3) is 0 Å². The van der Waals surface area contributed by atoms with E-state index in [-0.39, 0.29) is 5.31 Å². The van der Waals surface area contributed by atoms with Crippen molar-refractivity contribution in [3.05, 3.63) is 29.8 Å². The molecule has 1 aromatic rings. The Morgan fingerprint density at radius 3 is 2.24 bits per heavy atom. The highest BCUT2D eigenvalue weighted by Gasteiger charge is 2.26. The molecule has 0 aliphatic carbocycles. The van der Waals surface area contributed by atoms with E-state index in [4.69, 9.17) is 0 Å². The van der Waals surface area contributed by atoms with Crippen molar-refractivity contribution in [2.45, 2.75) is 64.1 Å². The van der Waals surface area contributed by atoms with Gasteiger partial charge in [0.2, 0.25) is 0 Å². The Hall–Kier alpha value is -0.955. The highest BCUT2D eigenvalue weighted by atomic mass is 16.2. The van der Waals surface area contributed by atoms with E-state index in [2.05, 4.69) is 49.9 Å². The molecule has 0 spiro atoms. The minimum Gasteiger partial charge on any atom is -0.453 e. The number of nitrogens with zero attached hydrogens (tertiary/aromatic N) is 1. The predicted octanol–water partition coefficient (Wildman–Crippen LogP) is 4.10. The van der Waals surface area contributed by atoms with Crippen LogP contribution in [-0.2, 0) is 0 Å². The standard InChI is InChI=1S/C18H30BNO/c1-4-15(2)16-7-9-17(10-8-16)20-13-5-11-18(3,19-21)12-6-14-20/h7-10,15,19,21H,4-6,11-14H2,1-3H3. The summed E-state index contributed by atoms with van der Waals surface area (Å²) in [5.74, 6) is 0.650. The SMILES string of the molecule is CCC(C)c1ccc(N2CCCC(C)(BO)CCC2)cc1. The molecule has 1 saturated heterocycles. The van der Waals surface area contributed by atoms with Gasteiger partial charge in [-0.05, 0) is 48.2 Å². The van der Waals surface area contributed by atoms with Crippen LogP contribution in [0.4, 0.5) is 5.69 Å². The van der Waals surface area contributed by atoms with Gasteiger partial charge in [-0.2, -0.15) is 0 Å². The van der Waals surface area contributed by atoms with Crippen LogP contribution in [0.5, 0.6) is 0 Å². The Labute approximate surface area is 130 Å². The smallest absolute Gasteiger partial charge is 0.276 e. The highest BCUT2D eigenvalue weighted by Crippen LogP contribution is 2.37. The second kappa shape index (κ2) is 7.35. The summed E-state index contributed by atoms with van der Waals surface area (Å²) in [5, 5.41) is 9.69. The molecule has 2 rings (SSSR count). The zero-order valence-electron chi connectivity index (χ0n) is 13.9. The first-order chi connectivity index (χ1) is 10.1. The van der Waals surface area contributed by atoms with Crippen LogP contribution in [0.1, 0.15) is 64.4 Å². The molecule has 2 nitrogen and oxygen atoms in total. The lowest BCUT2D eigenvalue weighted by Gasteiger charge is -2.34. The van der Waals surface area contributed by atoms with Gasteiger partial charge in [0, 0.05) is 18.8 Å². The Bertz CT molecular complexity index is 421. The molecule has 1 aromatic carbocycles. The summed E-state index contributed by atoms with van der Waals surface area (Å²) >= 11 is 0. The van der Waals surface area contributed by atoms with E-state index in [0.717, 1.165) is 25.9 Å². The van der Waals surface area contributed by atoms with E-state index in [0.29, 0.717) is 13.4 Å². The molecule has 21 heavy (non-hydrogen) atoms. The van der Waals surface area contributed by atoms with Gasteiger partial charge in [0.1, 0.15) is 0 Å². The van der Waals surface area contributed by atoms with Crippen molar-refractivity contribution in [3.63, 3.8) is 0 Å². The van der Waals surface area contributed by atoms with Gasteiger partial charge in [-0.25, -0.2) is 0 Å². The van der Waals surface area contributed by atoms with E-state index >= 15 is 0 Å². The number of anilines is 1. The topological polar surface area (TPSA) is 23.5 Å². The van der Waals surface area contributed by atoms with Gasteiger partial charge >= 0.3 is 0 Å². The summed E-state index contributed by atoms with van der Waals surface area (Å²) in [6, 6.07) is 9.16. The normalized spacial score (nSPS) is 20.5. The van der Waals surface area contributed by atoms with Crippen molar-refractivity contribution in [1.29, 1.82) is 0 Å². The van der Waals surface area contributed by atoms with Gasteiger partial charge < -0.3 is 9.92 Å². The van der Waals surface area contributed by atoms with Crippen LogP contribution in [-0.4, -0.2) is 25.6 Å². The monoisotopic (exact) mass is 287 g/mol. The minimum absolute atomic E-state index is 0.145. The molecular weight excluding hydrogens is 257 g/mol. The van der Waals surface area contributed by atoms with Crippen molar-refractivity contribution in [2.24, 2.45) is 0 Å². The van der Waals surface area contributed by atoms with Crippen LogP contribution in [0.15, 0.2) is 24.3 Å². The van der Waals surface area contributed by atoms with Gasteiger partial charge in [0.05, 0.1) is 0 Å². The number of benzene rings is 1. The maximum atomic E-state index is 9.54. The average Bonchev–Trinajstić information content (AvgIpc) is 2.50. The second-order valence-corrected chi connectivity index (χ2v) is 7.06. The lowest BCUT2D eigenvalue weighted by Crippen LogP contribution is -2.31. The molecule has 1 N–H and O–H groups in total. The largest absolute Gasteiger partial charge is 0.453 e. The Kier molecular flexibility index (Phi) is 5.75. The Morgan fingerprint density at radius 2 is 1.76 bits per heavy atom. The fourth-order valence-electron chi connectivity index (χ4n) is 3.30. The zero-order valence-corrected chi connectivity index (χ0v) is 13.9. The molecule has 0 radical (unpaired) electrons. The first-order valence-corrected chi connectivity index (χ1v) is 8.54. The Balaban J connectivity index is 1.99. The van der Waals surface area contributed by atoms with Gasteiger partial charge in [-0.1, -0.05) is 45.7 Å².